The molecule has 6 heteroatoms. The standard InChI is InChI=1S/C19H14BrFN2O2/c20-14-8-6-13(7-9-14)12-23-10-2-5-17(19(23)25)18(24)22-16-4-1-3-15(21)11-16/h1-11H,12H2,(H,22,24). The van der Waals surface area contributed by atoms with Crippen molar-refractivity contribution in [3.8, 4) is 0 Å². The van der Waals surface area contributed by atoms with Crippen molar-refractivity contribution in [3.05, 3.63) is 98.6 Å². The van der Waals surface area contributed by atoms with Crippen LogP contribution in [0, 0.1) is 5.82 Å². The van der Waals surface area contributed by atoms with Crippen molar-refractivity contribution in [2.75, 3.05) is 5.32 Å². The summed E-state index contributed by atoms with van der Waals surface area (Å²) >= 11 is 3.36. The lowest BCUT2D eigenvalue weighted by molar-refractivity contribution is 0.102. The molecule has 0 bridgehead atoms. The van der Waals surface area contributed by atoms with E-state index in [1.807, 2.05) is 24.3 Å². The van der Waals surface area contributed by atoms with Crippen LogP contribution in [0.3, 0.4) is 0 Å². The van der Waals surface area contributed by atoms with E-state index >= 15 is 0 Å². The normalized spacial score (nSPS) is 10.5. The van der Waals surface area contributed by atoms with Gasteiger partial charge in [0.1, 0.15) is 11.4 Å². The molecule has 3 rings (SSSR count). The van der Waals surface area contributed by atoms with E-state index in [1.165, 1.54) is 28.8 Å². The van der Waals surface area contributed by atoms with Gasteiger partial charge in [-0.15, -0.1) is 0 Å². The number of halogens is 2. The topological polar surface area (TPSA) is 51.1 Å². The molecule has 25 heavy (non-hydrogen) atoms. The Bertz CT molecular complexity index is 968. The first-order chi connectivity index (χ1) is 12.0. The molecule has 0 atom stereocenters. The molecule has 1 amide bonds. The number of nitrogens with one attached hydrogen (secondary N) is 1. The van der Waals surface area contributed by atoms with Crippen molar-refractivity contribution < 1.29 is 9.18 Å². The number of carbonyl (C=O) groups is 1. The highest BCUT2D eigenvalue weighted by Gasteiger charge is 2.13. The first-order valence-corrected chi connectivity index (χ1v) is 8.33. The minimum absolute atomic E-state index is 0.00359. The van der Waals surface area contributed by atoms with Crippen LogP contribution < -0.4 is 10.9 Å². The Morgan fingerprint density at radius 3 is 2.56 bits per heavy atom. The van der Waals surface area contributed by atoms with Crippen molar-refractivity contribution in [2.24, 2.45) is 0 Å². The summed E-state index contributed by atoms with van der Waals surface area (Å²) < 4.78 is 15.6. The van der Waals surface area contributed by atoms with Crippen LogP contribution in [0.2, 0.25) is 0 Å². The predicted molar refractivity (Wildman–Crippen MR) is 98.3 cm³/mol. The molecule has 0 saturated carbocycles. The molecule has 3 aromatic rings. The first-order valence-electron chi connectivity index (χ1n) is 7.54. The van der Waals surface area contributed by atoms with Gasteiger partial charge in [-0.05, 0) is 48.0 Å². The zero-order chi connectivity index (χ0) is 17.8. The third-order valence-electron chi connectivity index (χ3n) is 3.61. The van der Waals surface area contributed by atoms with Crippen molar-refractivity contribution in [3.63, 3.8) is 0 Å². The minimum Gasteiger partial charge on any atom is -0.322 e. The molecule has 4 nitrogen and oxygen atoms in total. The van der Waals surface area contributed by atoms with Crippen LogP contribution >= 0.6 is 15.9 Å². The Labute approximate surface area is 152 Å². The number of hydrogen-bond acceptors (Lipinski definition) is 2. The molecule has 0 radical (unpaired) electrons. The van der Waals surface area contributed by atoms with Gasteiger partial charge in [0.15, 0.2) is 0 Å². The van der Waals surface area contributed by atoms with Crippen LogP contribution in [0.15, 0.2) is 76.1 Å². The highest BCUT2D eigenvalue weighted by atomic mass is 79.9. The van der Waals surface area contributed by atoms with Crippen molar-refractivity contribution in [1.82, 2.24) is 4.57 Å². The summed E-state index contributed by atoms with van der Waals surface area (Å²) in [4.78, 5) is 24.9. The maximum Gasteiger partial charge on any atom is 0.263 e. The molecule has 1 aromatic heterocycles. The highest BCUT2D eigenvalue weighted by molar-refractivity contribution is 9.10. The SMILES string of the molecule is O=C(Nc1cccc(F)c1)c1cccn(Cc2ccc(Br)cc2)c1=O. The maximum absolute atomic E-state index is 13.2. The minimum atomic E-state index is -0.569. The zero-order valence-corrected chi connectivity index (χ0v) is 14.7. The molecule has 1 heterocycles. The fraction of sp³-hybridized carbons (Fsp3) is 0.0526. The lowest BCUT2D eigenvalue weighted by Gasteiger charge is -2.09. The lowest BCUT2D eigenvalue weighted by Crippen LogP contribution is -2.29. The third kappa shape index (κ3) is 4.22. The number of pyridine rings is 1. The van der Waals surface area contributed by atoms with Crippen LogP contribution in [-0.2, 0) is 6.54 Å². The summed E-state index contributed by atoms with van der Waals surface area (Å²) in [5, 5.41) is 2.54. The number of benzene rings is 2. The van der Waals surface area contributed by atoms with Gasteiger partial charge in [-0.2, -0.15) is 0 Å². The quantitative estimate of drug-likeness (QED) is 0.717. The molecule has 2 aromatic carbocycles. The summed E-state index contributed by atoms with van der Waals surface area (Å²) in [6.45, 7) is 0.354. The van der Waals surface area contributed by atoms with Crippen molar-refractivity contribution in [2.45, 2.75) is 6.54 Å². The summed E-state index contributed by atoms with van der Waals surface area (Å²) in [5.41, 5.74) is 0.837. The van der Waals surface area contributed by atoms with Crippen LogP contribution in [-0.4, -0.2) is 10.5 Å². The van der Waals surface area contributed by atoms with Gasteiger partial charge in [-0.1, -0.05) is 34.1 Å². The van der Waals surface area contributed by atoms with Gasteiger partial charge in [0.05, 0.1) is 6.54 Å². The second-order valence-electron chi connectivity index (χ2n) is 5.45. The molecule has 0 aliphatic rings. The van der Waals surface area contributed by atoms with E-state index in [0.717, 1.165) is 10.0 Å². The van der Waals surface area contributed by atoms with E-state index in [4.69, 9.17) is 0 Å². The van der Waals surface area contributed by atoms with Gasteiger partial charge < -0.3 is 9.88 Å². The first kappa shape index (κ1) is 17.1. The van der Waals surface area contributed by atoms with Crippen LogP contribution in [0.25, 0.3) is 0 Å². The number of hydrogen-bond donors (Lipinski definition) is 1. The molecule has 0 unspecified atom stereocenters. The Balaban J connectivity index is 1.84. The van der Waals surface area contributed by atoms with Gasteiger partial charge >= 0.3 is 0 Å². The molecule has 0 saturated heterocycles. The number of aromatic nitrogens is 1. The molecular weight excluding hydrogens is 387 g/mol. The molecular formula is C19H14BrFN2O2. The molecule has 0 spiro atoms. The van der Waals surface area contributed by atoms with Crippen LogP contribution in [0.1, 0.15) is 15.9 Å². The van der Waals surface area contributed by atoms with Gasteiger partial charge in [-0.3, -0.25) is 9.59 Å². The second-order valence-corrected chi connectivity index (χ2v) is 6.36. The molecule has 126 valence electrons. The molecule has 0 aliphatic heterocycles. The smallest absolute Gasteiger partial charge is 0.263 e. The van der Waals surface area contributed by atoms with Gasteiger partial charge in [-0.25, -0.2) is 4.39 Å². The zero-order valence-electron chi connectivity index (χ0n) is 13.1. The third-order valence-corrected chi connectivity index (χ3v) is 4.14. The Morgan fingerprint density at radius 2 is 1.84 bits per heavy atom. The number of amides is 1. The van der Waals surface area contributed by atoms with E-state index in [-0.39, 0.29) is 5.56 Å². The highest BCUT2D eigenvalue weighted by Crippen LogP contribution is 2.12. The van der Waals surface area contributed by atoms with E-state index in [1.54, 1.807) is 18.3 Å². The molecule has 0 fully saturated rings. The summed E-state index contributed by atoms with van der Waals surface area (Å²) in [6.07, 6.45) is 1.63. The largest absolute Gasteiger partial charge is 0.322 e. The Hall–Kier alpha value is -2.73. The Kier molecular flexibility index (Phi) is 5.09. The van der Waals surface area contributed by atoms with Crippen LogP contribution in [0.4, 0.5) is 10.1 Å². The number of rotatable bonds is 4. The fourth-order valence-electron chi connectivity index (χ4n) is 2.39. The van der Waals surface area contributed by atoms with Crippen molar-refractivity contribution in [1.29, 1.82) is 0 Å². The summed E-state index contributed by atoms with van der Waals surface area (Å²) in [7, 11) is 0. The number of carbonyl (C=O) groups excluding carboxylic acids is 1. The predicted octanol–water partition coefficient (Wildman–Crippen LogP) is 4.05. The lowest BCUT2D eigenvalue weighted by atomic mass is 10.2. The van der Waals surface area contributed by atoms with E-state index in [2.05, 4.69) is 21.2 Å². The van der Waals surface area contributed by atoms with Crippen LogP contribution in [0.5, 0.6) is 0 Å². The van der Waals surface area contributed by atoms with Gasteiger partial charge in [0, 0.05) is 16.4 Å². The molecule has 0 aliphatic carbocycles. The van der Waals surface area contributed by atoms with Gasteiger partial charge in [0.25, 0.3) is 11.5 Å². The van der Waals surface area contributed by atoms with E-state index < -0.39 is 17.3 Å². The maximum atomic E-state index is 13.2. The average molecular weight is 401 g/mol. The van der Waals surface area contributed by atoms with E-state index in [9.17, 15) is 14.0 Å². The summed E-state index contributed by atoms with van der Waals surface area (Å²) in [6, 6.07) is 16.2. The number of nitrogens with zero attached hydrogens (tertiary/aromatic N) is 1. The second kappa shape index (κ2) is 7.44. The summed E-state index contributed by atoms with van der Waals surface area (Å²) in [5.74, 6) is -1.03. The fourth-order valence-corrected chi connectivity index (χ4v) is 2.65. The average Bonchev–Trinajstić information content (AvgIpc) is 2.58. The number of anilines is 1. The van der Waals surface area contributed by atoms with E-state index in [0.29, 0.717) is 12.2 Å². The van der Waals surface area contributed by atoms with Gasteiger partial charge in [0.2, 0.25) is 0 Å². The van der Waals surface area contributed by atoms with Crippen molar-refractivity contribution >= 4 is 27.5 Å². The monoisotopic (exact) mass is 400 g/mol. The Morgan fingerprint density at radius 1 is 1.08 bits per heavy atom. The molecule has 1 N–H and O–H groups in total.